The Balaban J connectivity index is 0.00000195. The zero-order valence-electron chi connectivity index (χ0n) is 21.6. The number of hydrogen-bond acceptors (Lipinski definition) is 3. The molecule has 9 heteroatoms. The fourth-order valence-electron chi connectivity index (χ4n) is 4.77. The molecule has 2 aliphatic rings. The molecular formula is C29H32BrF4NO3. The molecule has 1 N–H and O–H groups in total. The number of alkyl halides is 4. The van der Waals surface area contributed by atoms with Crippen molar-refractivity contribution in [1.82, 2.24) is 4.90 Å². The smallest absolute Gasteiger partial charge is 0.416 e. The van der Waals surface area contributed by atoms with Crippen molar-refractivity contribution >= 4 is 21.8 Å². The molecule has 2 aromatic carbocycles. The van der Waals surface area contributed by atoms with E-state index in [9.17, 15) is 27.5 Å². The van der Waals surface area contributed by atoms with E-state index in [1.165, 1.54) is 18.2 Å². The molecule has 0 radical (unpaired) electrons. The summed E-state index contributed by atoms with van der Waals surface area (Å²) in [6.07, 6.45) is 0.0414. The van der Waals surface area contributed by atoms with Gasteiger partial charge in [0.25, 0.3) is 5.91 Å². The van der Waals surface area contributed by atoms with E-state index in [4.69, 9.17) is 4.74 Å². The Hall–Kier alpha value is -2.65. The second-order valence-corrected chi connectivity index (χ2v) is 9.65. The van der Waals surface area contributed by atoms with Gasteiger partial charge >= 0.3 is 6.18 Å². The number of aliphatic hydroxyl groups is 1. The predicted octanol–water partition coefficient (Wildman–Crippen LogP) is 7.63. The standard InChI is InChI=1S/C28H29F4NO3.CH3Br/c1-27(2,35)21-9-4-6-12-24(21)36-25(18-13-15-19(16-14-18)28(30,31)32)26(34)33-17-7-11-23(33)20-8-3-5-10-22(20)29;1-2/h4,6,8-10,12-16,23,25,35H,3,5,7,11,17H2,1-2H3;1H3. The number of carbonyl (C=O) groups is 1. The summed E-state index contributed by atoms with van der Waals surface area (Å²) in [6, 6.07) is 10.5. The third-order valence-corrected chi connectivity index (χ3v) is 6.58. The fraction of sp³-hybridized carbons (Fsp3) is 0.414. The van der Waals surface area contributed by atoms with E-state index < -0.39 is 35.4 Å². The summed E-state index contributed by atoms with van der Waals surface area (Å²) in [4.78, 5) is 15.5. The van der Waals surface area contributed by atoms with Crippen molar-refractivity contribution in [3.05, 3.63) is 88.8 Å². The number of hydrogen-bond donors (Lipinski definition) is 1. The van der Waals surface area contributed by atoms with Crippen LogP contribution in [0.4, 0.5) is 17.6 Å². The predicted molar refractivity (Wildman–Crippen MR) is 143 cm³/mol. The van der Waals surface area contributed by atoms with Gasteiger partial charge in [-0.05, 0) is 69.6 Å². The molecule has 1 fully saturated rings. The minimum absolute atomic E-state index is 0.234. The molecule has 4 rings (SSSR count). The topological polar surface area (TPSA) is 49.8 Å². The van der Waals surface area contributed by atoms with Crippen LogP contribution in [0.15, 0.2) is 72.1 Å². The maximum atomic E-state index is 14.6. The van der Waals surface area contributed by atoms with E-state index in [1.807, 2.05) is 11.9 Å². The number of carbonyl (C=O) groups excluding carboxylic acids is 1. The first-order valence-electron chi connectivity index (χ1n) is 12.4. The number of nitrogens with zero attached hydrogens (tertiary/aromatic N) is 1. The van der Waals surface area contributed by atoms with Crippen LogP contribution in [0.25, 0.3) is 0 Å². The van der Waals surface area contributed by atoms with E-state index in [0.29, 0.717) is 43.4 Å². The lowest BCUT2D eigenvalue weighted by molar-refractivity contribution is -0.139. The number of para-hydroxylation sites is 1. The van der Waals surface area contributed by atoms with Crippen molar-refractivity contribution in [2.24, 2.45) is 0 Å². The van der Waals surface area contributed by atoms with Gasteiger partial charge in [0.1, 0.15) is 11.6 Å². The molecule has 0 spiro atoms. The normalized spacial score (nSPS) is 18.7. The van der Waals surface area contributed by atoms with Gasteiger partial charge in [0.05, 0.1) is 17.2 Å². The van der Waals surface area contributed by atoms with Gasteiger partial charge in [0, 0.05) is 23.2 Å². The Morgan fingerprint density at radius 1 is 1.05 bits per heavy atom. The van der Waals surface area contributed by atoms with Crippen molar-refractivity contribution in [3.63, 3.8) is 0 Å². The number of allylic oxidation sites excluding steroid dienone is 2. The van der Waals surface area contributed by atoms with E-state index >= 15 is 0 Å². The fourth-order valence-corrected chi connectivity index (χ4v) is 4.77. The van der Waals surface area contributed by atoms with Gasteiger partial charge in [-0.15, -0.1) is 0 Å². The van der Waals surface area contributed by atoms with Crippen LogP contribution in [0.5, 0.6) is 5.75 Å². The maximum Gasteiger partial charge on any atom is 0.416 e. The molecule has 2 aromatic rings. The van der Waals surface area contributed by atoms with Crippen molar-refractivity contribution in [1.29, 1.82) is 0 Å². The molecule has 1 amide bonds. The number of halogens is 5. The second-order valence-electron chi connectivity index (χ2n) is 9.65. The van der Waals surface area contributed by atoms with E-state index in [2.05, 4.69) is 15.9 Å². The molecule has 0 saturated carbocycles. The third kappa shape index (κ3) is 6.86. The zero-order valence-corrected chi connectivity index (χ0v) is 23.2. The SMILES string of the molecule is CBr.CC(C)(O)c1ccccc1OC(C(=O)N1CCCC1C1=CCCC=C1F)c1ccc(C(F)(F)F)cc1. The quantitative estimate of drug-likeness (QED) is 0.275. The Labute approximate surface area is 229 Å². The summed E-state index contributed by atoms with van der Waals surface area (Å²) in [5.41, 5.74) is -1.00. The molecular weight excluding hydrogens is 566 g/mol. The molecule has 2 atom stereocenters. The monoisotopic (exact) mass is 597 g/mol. The lowest BCUT2D eigenvalue weighted by Gasteiger charge is -2.32. The summed E-state index contributed by atoms with van der Waals surface area (Å²) in [5, 5.41) is 10.6. The number of amides is 1. The van der Waals surface area contributed by atoms with Crippen molar-refractivity contribution in [2.75, 3.05) is 12.4 Å². The molecule has 1 heterocycles. The van der Waals surface area contributed by atoms with E-state index in [0.717, 1.165) is 12.1 Å². The van der Waals surface area contributed by atoms with Gasteiger partial charge in [-0.2, -0.15) is 13.2 Å². The van der Waals surface area contributed by atoms with Crippen LogP contribution in [0, 0.1) is 0 Å². The highest BCUT2D eigenvalue weighted by molar-refractivity contribution is 9.08. The first kappa shape index (κ1) is 29.9. The van der Waals surface area contributed by atoms with Gasteiger partial charge in [-0.1, -0.05) is 52.3 Å². The van der Waals surface area contributed by atoms with Crippen LogP contribution in [0.1, 0.15) is 62.3 Å². The Morgan fingerprint density at radius 3 is 2.29 bits per heavy atom. The number of benzene rings is 2. The van der Waals surface area contributed by atoms with Gasteiger partial charge in [-0.25, -0.2) is 4.39 Å². The van der Waals surface area contributed by atoms with Crippen LogP contribution >= 0.6 is 15.9 Å². The minimum atomic E-state index is -4.52. The number of likely N-dealkylation sites (tertiary alicyclic amines) is 1. The molecule has 1 aliphatic heterocycles. The Morgan fingerprint density at radius 2 is 1.68 bits per heavy atom. The van der Waals surface area contributed by atoms with Gasteiger partial charge < -0.3 is 14.7 Å². The molecule has 1 aliphatic carbocycles. The van der Waals surface area contributed by atoms with Crippen molar-refractivity contribution in [2.45, 2.75) is 63.5 Å². The van der Waals surface area contributed by atoms with Gasteiger partial charge in [-0.3, -0.25) is 4.79 Å². The minimum Gasteiger partial charge on any atom is -0.475 e. The first-order chi connectivity index (χ1) is 18.0. The molecule has 1 saturated heterocycles. The molecule has 0 aromatic heterocycles. The van der Waals surface area contributed by atoms with E-state index in [1.54, 1.807) is 43.0 Å². The van der Waals surface area contributed by atoms with Crippen molar-refractivity contribution < 1.29 is 32.2 Å². The average Bonchev–Trinajstić information content (AvgIpc) is 3.37. The highest BCUT2D eigenvalue weighted by Crippen LogP contribution is 2.38. The van der Waals surface area contributed by atoms with Crippen LogP contribution in [0.2, 0.25) is 0 Å². The van der Waals surface area contributed by atoms with Crippen LogP contribution in [0.3, 0.4) is 0 Å². The molecule has 4 nitrogen and oxygen atoms in total. The van der Waals surface area contributed by atoms with Crippen LogP contribution in [-0.4, -0.2) is 34.3 Å². The lowest BCUT2D eigenvalue weighted by atomic mass is 9.96. The van der Waals surface area contributed by atoms with Crippen molar-refractivity contribution in [3.8, 4) is 5.75 Å². The average molecular weight is 598 g/mol. The zero-order chi connectivity index (χ0) is 28.1. The summed E-state index contributed by atoms with van der Waals surface area (Å²) < 4.78 is 60.3. The van der Waals surface area contributed by atoms with Gasteiger partial charge in [0.2, 0.25) is 6.10 Å². The van der Waals surface area contributed by atoms with Crippen LogP contribution in [-0.2, 0) is 16.6 Å². The lowest BCUT2D eigenvalue weighted by Crippen LogP contribution is -2.41. The summed E-state index contributed by atoms with van der Waals surface area (Å²) in [6.45, 7) is 3.53. The molecule has 0 bridgehead atoms. The second kappa shape index (κ2) is 12.5. The highest BCUT2D eigenvalue weighted by Gasteiger charge is 2.39. The van der Waals surface area contributed by atoms with E-state index in [-0.39, 0.29) is 17.1 Å². The summed E-state index contributed by atoms with van der Waals surface area (Å²) in [7, 11) is 0. The Kier molecular flexibility index (Phi) is 9.81. The molecule has 2 unspecified atom stereocenters. The number of rotatable bonds is 6. The molecule has 206 valence electrons. The maximum absolute atomic E-state index is 14.6. The van der Waals surface area contributed by atoms with Crippen LogP contribution < -0.4 is 4.74 Å². The highest BCUT2D eigenvalue weighted by atomic mass is 79.9. The number of ether oxygens (including phenoxy) is 1. The first-order valence-corrected chi connectivity index (χ1v) is 14.0. The summed E-state index contributed by atoms with van der Waals surface area (Å²) in [5.74, 6) is 1.24. The van der Waals surface area contributed by atoms with Gasteiger partial charge in [0.15, 0.2) is 0 Å². The molecule has 38 heavy (non-hydrogen) atoms. The Bertz CT molecular complexity index is 1170. The largest absolute Gasteiger partial charge is 0.475 e. The third-order valence-electron chi connectivity index (χ3n) is 6.58. The summed E-state index contributed by atoms with van der Waals surface area (Å²) >= 11 is 2.94.